The van der Waals surface area contributed by atoms with Crippen molar-refractivity contribution >= 4 is 34.8 Å². The fourth-order valence-corrected chi connectivity index (χ4v) is 4.38. The largest absolute Gasteiger partial charge is 0.448 e. The van der Waals surface area contributed by atoms with Crippen LogP contribution in [0.25, 0.3) is 11.3 Å². The maximum absolute atomic E-state index is 13.2. The van der Waals surface area contributed by atoms with Gasteiger partial charge in [0.05, 0.1) is 16.9 Å². The van der Waals surface area contributed by atoms with E-state index in [0.717, 1.165) is 5.69 Å². The molecule has 0 saturated carbocycles. The molecule has 0 saturated heterocycles. The summed E-state index contributed by atoms with van der Waals surface area (Å²) in [5.41, 5.74) is 2.52. The van der Waals surface area contributed by atoms with Crippen molar-refractivity contribution < 1.29 is 19.3 Å². The molecular weight excluding hydrogens is 474 g/mol. The van der Waals surface area contributed by atoms with Gasteiger partial charge in [0.2, 0.25) is 5.91 Å². The minimum absolute atomic E-state index is 0.0365. The molecular formula is C27H27N5O5. The third kappa shape index (κ3) is 5.32. The number of ketones is 1. The highest BCUT2D eigenvalue weighted by molar-refractivity contribution is 6.09. The molecule has 1 aromatic carbocycles. The summed E-state index contributed by atoms with van der Waals surface area (Å²) in [6.07, 6.45) is 3.50. The number of aromatic nitrogens is 2. The molecule has 4 rings (SSSR count). The molecule has 1 atom stereocenters. The van der Waals surface area contributed by atoms with Crippen LogP contribution in [0.1, 0.15) is 42.7 Å². The van der Waals surface area contributed by atoms with Crippen molar-refractivity contribution in [3.63, 3.8) is 0 Å². The van der Waals surface area contributed by atoms with Gasteiger partial charge in [-0.05, 0) is 30.7 Å². The van der Waals surface area contributed by atoms with E-state index in [1.165, 1.54) is 0 Å². The van der Waals surface area contributed by atoms with Crippen LogP contribution in [0.3, 0.4) is 0 Å². The number of para-hydroxylation sites is 1. The van der Waals surface area contributed by atoms with Gasteiger partial charge in [-0.25, -0.2) is 9.78 Å². The van der Waals surface area contributed by atoms with Crippen LogP contribution < -0.4 is 10.6 Å². The summed E-state index contributed by atoms with van der Waals surface area (Å²) < 4.78 is 0. The molecule has 10 heteroatoms. The number of hydrogen-bond donors (Lipinski definition) is 3. The number of hydrogen-bond acceptors (Lipinski definition) is 7. The number of anilines is 3. The molecule has 37 heavy (non-hydrogen) atoms. The maximum Gasteiger partial charge on any atom is 0.448 e. The molecule has 0 spiro atoms. The monoisotopic (exact) mass is 501 g/mol. The van der Waals surface area contributed by atoms with Gasteiger partial charge in [0.15, 0.2) is 5.78 Å². The van der Waals surface area contributed by atoms with Crippen molar-refractivity contribution in [2.24, 2.45) is 11.3 Å². The molecule has 0 bridgehead atoms. The molecule has 1 unspecified atom stereocenters. The summed E-state index contributed by atoms with van der Waals surface area (Å²) in [6, 6.07) is 12.6. The first-order valence-electron chi connectivity index (χ1n) is 11.8. The Morgan fingerprint density at radius 2 is 1.97 bits per heavy atom. The number of amides is 2. The lowest BCUT2D eigenvalue weighted by molar-refractivity contribution is -0.406. The number of nitro groups is 1. The zero-order valence-corrected chi connectivity index (χ0v) is 20.5. The number of nitrogens with zero attached hydrogens (tertiary/aromatic N) is 2. The normalized spacial score (nSPS) is 15.0. The number of Topliss-reactive ketones (excluding diaryl/α,β-unsaturated/α-hetero) is 1. The van der Waals surface area contributed by atoms with Crippen molar-refractivity contribution in [2.45, 2.75) is 33.1 Å². The molecule has 2 amide bonds. The van der Waals surface area contributed by atoms with Crippen LogP contribution in [-0.4, -0.2) is 32.5 Å². The molecule has 2 aromatic heterocycles. The smallest absolute Gasteiger partial charge is 0.356 e. The van der Waals surface area contributed by atoms with Crippen LogP contribution >= 0.6 is 0 Å². The first kappa shape index (κ1) is 25.5. The number of carbonyl (C=O) groups excluding carboxylic acids is 3. The summed E-state index contributed by atoms with van der Waals surface area (Å²) >= 11 is 0. The van der Waals surface area contributed by atoms with E-state index in [4.69, 9.17) is 0 Å². The zero-order valence-electron chi connectivity index (χ0n) is 20.5. The van der Waals surface area contributed by atoms with E-state index in [0.29, 0.717) is 40.4 Å². The minimum Gasteiger partial charge on any atom is -0.356 e. The molecule has 3 N–H and O–H groups in total. The number of allylic oxidation sites excluding steroid dienone is 1. The van der Waals surface area contributed by atoms with Crippen LogP contribution in [0.4, 0.5) is 17.2 Å². The topological polar surface area (TPSA) is 147 Å². The molecule has 0 fully saturated rings. The van der Waals surface area contributed by atoms with E-state index in [2.05, 4.69) is 27.2 Å². The van der Waals surface area contributed by atoms with Crippen LogP contribution in [0.15, 0.2) is 61.3 Å². The van der Waals surface area contributed by atoms with E-state index in [1.807, 2.05) is 44.2 Å². The molecule has 0 radical (unpaired) electrons. The first-order valence-corrected chi connectivity index (χ1v) is 11.8. The summed E-state index contributed by atoms with van der Waals surface area (Å²) in [4.78, 5) is 55.6. The average molecular weight is 502 g/mol. The fraction of sp³-hybridized carbons (Fsp3) is 0.259. The number of pyridine rings is 1. The van der Waals surface area contributed by atoms with Crippen LogP contribution in [0.2, 0.25) is 0 Å². The Hall–Kier alpha value is -4.60. The number of benzene rings is 1. The van der Waals surface area contributed by atoms with Crippen molar-refractivity contribution in [1.82, 2.24) is 9.97 Å². The number of carbonyl (C=O) groups is 3. The molecule has 0 aliphatic heterocycles. The third-order valence-corrected chi connectivity index (χ3v) is 6.37. The number of aromatic amines is 1. The number of fused-ring (bicyclic) bond motifs is 1. The highest BCUT2D eigenvalue weighted by atomic mass is 16.6. The molecule has 1 aliphatic carbocycles. The number of nitrogens with one attached hydrogen (secondary N) is 3. The second kappa shape index (κ2) is 10.2. The van der Waals surface area contributed by atoms with E-state index in [9.17, 15) is 24.5 Å². The molecule has 3 aromatic rings. The van der Waals surface area contributed by atoms with E-state index in [-0.39, 0.29) is 24.5 Å². The Bertz CT molecular complexity index is 1390. The second-order valence-corrected chi connectivity index (χ2v) is 9.60. The van der Waals surface area contributed by atoms with Crippen molar-refractivity contribution in [1.29, 1.82) is 0 Å². The van der Waals surface area contributed by atoms with Gasteiger partial charge in [-0.2, -0.15) is 0 Å². The third-order valence-electron chi connectivity index (χ3n) is 6.37. The predicted octanol–water partition coefficient (Wildman–Crippen LogP) is 4.91. The Morgan fingerprint density at radius 1 is 1.24 bits per heavy atom. The van der Waals surface area contributed by atoms with Gasteiger partial charge in [-0.15, -0.1) is 6.58 Å². The van der Waals surface area contributed by atoms with Crippen molar-refractivity contribution in [3.8, 4) is 11.3 Å². The average Bonchev–Trinajstić information content (AvgIpc) is 3.23. The van der Waals surface area contributed by atoms with Gasteiger partial charge in [-0.1, -0.05) is 38.1 Å². The lowest BCUT2D eigenvalue weighted by atomic mass is 9.85. The number of H-pyrrole nitrogens is 1. The Labute approximate surface area is 213 Å². The highest BCUT2D eigenvalue weighted by Gasteiger charge is 2.39. The molecule has 2 heterocycles. The second-order valence-electron chi connectivity index (χ2n) is 9.60. The van der Waals surface area contributed by atoms with E-state index in [1.54, 1.807) is 24.4 Å². The lowest BCUT2D eigenvalue weighted by Crippen LogP contribution is -2.30. The maximum atomic E-state index is 13.2. The Balaban J connectivity index is 1.76. The number of rotatable bonds is 8. The van der Waals surface area contributed by atoms with Crippen molar-refractivity contribution in [3.05, 3.63) is 82.7 Å². The minimum atomic E-state index is -1.18. The van der Waals surface area contributed by atoms with Gasteiger partial charge >= 0.3 is 5.91 Å². The quantitative estimate of drug-likeness (QED) is 0.226. The van der Waals surface area contributed by atoms with Crippen LogP contribution in [0.5, 0.6) is 0 Å². The van der Waals surface area contributed by atoms with E-state index >= 15 is 0 Å². The van der Waals surface area contributed by atoms with Gasteiger partial charge in [0.1, 0.15) is 16.7 Å². The van der Waals surface area contributed by atoms with Gasteiger partial charge < -0.3 is 15.6 Å². The van der Waals surface area contributed by atoms with Gasteiger partial charge in [0, 0.05) is 41.4 Å². The summed E-state index contributed by atoms with van der Waals surface area (Å²) in [5.74, 6) is -2.47. The Kier molecular flexibility index (Phi) is 7.01. The fourth-order valence-electron chi connectivity index (χ4n) is 4.38. The lowest BCUT2D eigenvalue weighted by Gasteiger charge is -2.21. The summed E-state index contributed by atoms with van der Waals surface area (Å²) in [6.45, 7) is 7.32. The summed E-state index contributed by atoms with van der Waals surface area (Å²) in [7, 11) is 0. The van der Waals surface area contributed by atoms with Crippen LogP contribution in [-0.2, 0) is 16.0 Å². The molecule has 10 nitrogen and oxygen atoms in total. The van der Waals surface area contributed by atoms with Gasteiger partial charge in [0.25, 0.3) is 0 Å². The predicted molar refractivity (Wildman–Crippen MR) is 139 cm³/mol. The van der Waals surface area contributed by atoms with Crippen LogP contribution in [0, 0.1) is 21.4 Å². The molecule has 1 aliphatic rings. The van der Waals surface area contributed by atoms with Crippen molar-refractivity contribution in [2.75, 3.05) is 10.6 Å². The zero-order chi connectivity index (χ0) is 26.7. The standard InChI is InChI=1S/C27H27N5O5/c1-4-11-27(2,3)26(35)31-21-15-16(10-12-28-21)23-24(29-18-8-6-5-7-9-18)22-19(30-23)13-17(14-20(22)33)25(34)32(36)37/h4-10,12,15,17,29-30H,1,11,13-14H2,2-3H3,(H,28,31,35). The SMILES string of the molecule is C=CCC(C)(C)C(=O)Nc1cc(-c2[nH]c3c(c2Nc2ccccc2)C(=O)CC(C(=O)[N+](=O)[O-])C3)ccn1. The Morgan fingerprint density at radius 3 is 2.65 bits per heavy atom. The highest BCUT2D eigenvalue weighted by Crippen LogP contribution is 2.40. The first-order chi connectivity index (χ1) is 17.6. The molecule has 190 valence electrons. The summed E-state index contributed by atoms with van der Waals surface area (Å²) in [5, 5.41) is 17.2. The van der Waals surface area contributed by atoms with Gasteiger partial charge in [-0.3, -0.25) is 19.7 Å². The van der Waals surface area contributed by atoms with E-state index < -0.39 is 22.2 Å².